The molecule has 0 aliphatic rings. The highest BCUT2D eigenvalue weighted by atomic mass is 16.6. The van der Waals surface area contributed by atoms with Crippen molar-refractivity contribution in [2.24, 2.45) is 10.9 Å². The lowest BCUT2D eigenvalue weighted by Crippen LogP contribution is -2.28. The van der Waals surface area contributed by atoms with Gasteiger partial charge in [-0.1, -0.05) is 23.4 Å². The first kappa shape index (κ1) is 21.0. The van der Waals surface area contributed by atoms with Crippen LogP contribution in [0.2, 0.25) is 0 Å². The summed E-state index contributed by atoms with van der Waals surface area (Å²) >= 11 is 0. The normalized spacial score (nSPS) is 12.5. The monoisotopic (exact) mass is 406 g/mol. The van der Waals surface area contributed by atoms with Gasteiger partial charge in [0.15, 0.2) is 11.7 Å². The Labute approximate surface area is 175 Å². The predicted octanol–water partition coefficient (Wildman–Crippen LogP) is 3.17. The van der Waals surface area contributed by atoms with Gasteiger partial charge in [-0.3, -0.25) is 4.79 Å². The Hall–Kier alpha value is -3.68. The molecule has 3 aromatic rings. The molecule has 0 fully saturated rings. The van der Waals surface area contributed by atoms with Crippen LogP contribution in [0.4, 0.5) is 5.69 Å². The number of carbonyl (C=O) groups excluding carboxylic acids is 1. The first-order valence-corrected chi connectivity index (χ1v) is 9.62. The molecular weight excluding hydrogens is 380 g/mol. The third-order valence-corrected chi connectivity index (χ3v) is 4.68. The van der Waals surface area contributed by atoms with Crippen molar-refractivity contribution >= 4 is 17.4 Å². The summed E-state index contributed by atoms with van der Waals surface area (Å²) in [5, 5.41) is 11.2. The maximum absolute atomic E-state index is 12.4. The number of aryl methyl sites for hydroxylation is 4. The number of aromatic nitrogens is 3. The van der Waals surface area contributed by atoms with Gasteiger partial charge in [0.1, 0.15) is 0 Å². The van der Waals surface area contributed by atoms with Gasteiger partial charge < -0.3 is 15.9 Å². The molecule has 8 heteroatoms. The summed E-state index contributed by atoms with van der Waals surface area (Å²) in [6, 6.07) is 11.4. The highest BCUT2D eigenvalue weighted by Gasteiger charge is 2.17. The molecule has 156 valence electrons. The van der Waals surface area contributed by atoms with Crippen LogP contribution in [0.15, 0.2) is 47.8 Å². The van der Waals surface area contributed by atoms with E-state index in [2.05, 4.69) is 20.6 Å². The highest BCUT2D eigenvalue weighted by Crippen LogP contribution is 2.19. The summed E-state index contributed by atoms with van der Waals surface area (Å²) in [5.41, 5.74) is 11.2. The van der Waals surface area contributed by atoms with Gasteiger partial charge in [-0.25, -0.2) is 9.67 Å². The van der Waals surface area contributed by atoms with Crippen molar-refractivity contribution in [3.05, 3.63) is 70.7 Å². The standard InChI is InChI=1S/C22H26N6O2/c1-13-7-6-8-14(2)20(13)25-22(29)17(5)30-27-21(23)18-9-10-19(24-12-18)28-16(4)11-15(3)26-28/h6-12,17H,1-5H3,(H2,23,27)(H,25,29). The number of nitrogens with zero attached hydrogens (tertiary/aromatic N) is 4. The lowest BCUT2D eigenvalue weighted by atomic mass is 10.1. The van der Waals surface area contributed by atoms with Crippen LogP contribution in [-0.2, 0) is 9.63 Å². The van der Waals surface area contributed by atoms with Crippen LogP contribution >= 0.6 is 0 Å². The number of benzene rings is 1. The quantitative estimate of drug-likeness (QED) is 0.371. The first-order chi connectivity index (χ1) is 14.3. The molecule has 0 bridgehead atoms. The summed E-state index contributed by atoms with van der Waals surface area (Å²) in [6.07, 6.45) is 0.777. The van der Waals surface area contributed by atoms with Crippen LogP contribution in [0.5, 0.6) is 0 Å². The zero-order valence-electron chi connectivity index (χ0n) is 17.8. The summed E-state index contributed by atoms with van der Waals surface area (Å²) in [4.78, 5) is 22.1. The van der Waals surface area contributed by atoms with Gasteiger partial charge in [-0.15, -0.1) is 0 Å². The molecule has 2 aromatic heterocycles. The number of nitrogens with one attached hydrogen (secondary N) is 1. The molecule has 0 spiro atoms. The Balaban J connectivity index is 1.65. The summed E-state index contributed by atoms with van der Waals surface area (Å²) in [6.45, 7) is 9.38. The SMILES string of the molecule is Cc1cc(C)n(-c2ccc(C(N)=NOC(C)C(=O)Nc3c(C)cccc3C)cn2)n1. The lowest BCUT2D eigenvalue weighted by molar-refractivity contribution is -0.126. The Morgan fingerprint density at radius 2 is 1.87 bits per heavy atom. The van der Waals surface area contributed by atoms with Crippen LogP contribution in [0.3, 0.4) is 0 Å². The number of hydrogen-bond donors (Lipinski definition) is 2. The molecular formula is C22H26N6O2. The van der Waals surface area contributed by atoms with E-state index < -0.39 is 6.10 Å². The average Bonchev–Trinajstić information content (AvgIpc) is 3.06. The van der Waals surface area contributed by atoms with Crippen molar-refractivity contribution in [3.63, 3.8) is 0 Å². The second-order valence-electron chi connectivity index (χ2n) is 7.22. The minimum Gasteiger partial charge on any atom is -0.381 e. The molecule has 8 nitrogen and oxygen atoms in total. The van der Waals surface area contributed by atoms with Gasteiger partial charge >= 0.3 is 0 Å². The van der Waals surface area contributed by atoms with Crippen molar-refractivity contribution in [3.8, 4) is 5.82 Å². The number of amidine groups is 1. The smallest absolute Gasteiger partial charge is 0.268 e. The van der Waals surface area contributed by atoms with Gasteiger partial charge in [0.05, 0.1) is 5.69 Å². The fourth-order valence-corrected chi connectivity index (χ4v) is 3.00. The molecule has 1 unspecified atom stereocenters. The Morgan fingerprint density at radius 1 is 1.17 bits per heavy atom. The maximum Gasteiger partial charge on any atom is 0.268 e. The van der Waals surface area contributed by atoms with E-state index in [9.17, 15) is 4.79 Å². The Kier molecular flexibility index (Phi) is 6.15. The molecule has 0 saturated heterocycles. The molecule has 0 aliphatic carbocycles. The molecule has 30 heavy (non-hydrogen) atoms. The number of carbonyl (C=O) groups is 1. The van der Waals surface area contributed by atoms with Crippen molar-refractivity contribution in [1.29, 1.82) is 0 Å². The summed E-state index contributed by atoms with van der Waals surface area (Å²) < 4.78 is 1.75. The maximum atomic E-state index is 12.4. The number of oxime groups is 1. The number of pyridine rings is 1. The fourth-order valence-electron chi connectivity index (χ4n) is 3.00. The van der Waals surface area contributed by atoms with Crippen molar-refractivity contribution in [1.82, 2.24) is 14.8 Å². The number of anilines is 1. The molecule has 3 rings (SSSR count). The van der Waals surface area contributed by atoms with E-state index in [0.717, 1.165) is 28.2 Å². The van der Waals surface area contributed by atoms with Crippen LogP contribution in [-0.4, -0.2) is 32.6 Å². The number of rotatable bonds is 6. The zero-order chi connectivity index (χ0) is 21.8. The largest absolute Gasteiger partial charge is 0.381 e. The molecule has 1 aromatic carbocycles. The topological polar surface area (TPSA) is 107 Å². The van der Waals surface area contributed by atoms with Crippen LogP contribution in [0.25, 0.3) is 5.82 Å². The second kappa shape index (κ2) is 8.77. The van der Waals surface area contributed by atoms with E-state index in [1.54, 1.807) is 29.9 Å². The minimum atomic E-state index is -0.815. The minimum absolute atomic E-state index is 0.133. The zero-order valence-corrected chi connectivity index (χ0v) is 17.8. The summed E-state index contributed by atoms with van der Waals surface area (Å²) in [5.74, 6) is 0.510. The third-order valence-electron chi connectivity index (χ3n) is 4.68. The number of amides is 1. The number of para-hydroxylation sites is 1. The predicted molar refractivity (Wildman–Crippen MR) is 117 cm³/mol. The Morgan fingerprint density at radius 3 is 2.43 bits per heavy atom. The van der Waals surface area contributed by atoms with Crippen molar-refractivity contribution in [2.75, 3.05) is 5.32 Å². The van der Waals surface area contributed by atoms with E-state index in [0.29, 0.717) is 11.4 Å². The first-order valence-electron chi connectivity index (χ1n) is 9.62. The Bertz CT molecular complexity index is 1070. The van der Waals surface area contributed by atoms with E-state index in [4.69, 9.17) is 10.6 Å². The average molecular weight is 406 g/mol. The van der Waals surface area contributed by atoms with Gasteiger partial charge in [0.2, 0.25) is 6.10 Å². The molecule has 0 aliphatic heterocycles. The number of nitrogens with two attached hydrogens (primary N) is 1. The van der Waals surface area contributed by atoms with E-state index in [1.165, 1.54) is 0 Å². The second-order valence-corrected chi connectivity index (χ2v) is 7.22. The van der Waals surface area contributed by atoms with Crippen molar-refractivity contribution < 1.29 is 9.63 Å². The van der Waals surface area contributed by atoms with Gasteiger partial charge in [0.25, 0.3) is 5.91 Å². The highest BCUT2D eigenvalue weighted by molar-refractivity contribution is 5.97. The molecule has 0 saturated carbocycles. The lowest BCUT2D eigenvalue weighted by Gasteiger charge is -2.14. The molecule has 1 amide bonds. The molecule has 1 atom stereocenters. The van der Waals surface area contributed by atoms with Gasteiger partial charge in [0, 0.05) is 23.1 Å². The third kappa shape index (κ3) is 4.65. The van der Waals surface area contributed by atoms with Gasteiger partial charge in [-0.05, 0) is 63.9 Å². The van der Waals surface area contributed by atoms with E-state index in [-0.39, 0.29) is 11.7 Å². The van der Waals surface area contributed by atoms with Crippen LogP contribution < -0.4 is 11.1 Å². The molecule has 0 radical (unpaired) electrons. The summed E-state index contributed by atoms with van der Waals surface area (Å²) in [7, 11) is 0. The fraction of sp³-hybridized carbons (Fsp3) is 0.273. The molecule has 2 heterocycles. The van der Waals surface area contributed by atoms with Crippen LogP contribution in [0, 0.1) is 27.7 Å². The number of hydrogen-bond acceptors (Lipinski definition) is 5. The van der Waals surface area contributed by atoms with Gasteiger partial charge in [-0.2, -0.15) is 5.10 Å². The van der Waals surface area contributed by atoms with Crippen LogP contribution in [0.1, 0.15) is 35.0 Å². The molecule has 3 N–H and O–H groups in total. The van der Waals surface area contributed by atoms with E-state index in [1.807, 2.05) is 52.0 Å². The van der Waals surface area contributed by atoms with E-state index >= 15 is 0 Å². The van der Waals surface area contributed by atoms with Crippen molar-refractivity contribution in [2.45, 2.75) is 40.7 Å².